The lowest BCUT2D eigenvalue weighted by Gasteiger charge is -2.27. The van der Waals surface area contributed by atoms with Crippen molar-refractivity contribution < 1.29 is 4.92 Å². The molecule has 1 aliphatic rings. The molecule has 1 aromatic rings. The molecule has 2 rings (SSSR count). The lowest BCUT2D eigenvalue weighted by molar-refractivity contribution is -0.385. The van der Waals surface area contributed by atoms with Crippen LogP contribution in [0.15, 0.2) is 24.3 Å². The summed E-state index contributed by atoms with van der Waals surface area (Å²) in [6.45, 7) is 3.79. The number of nitrogens with one attached hydrogen (secondary N) is 1. The van der Waals surface area contributed by atoms with E-state index in [-0.39, 0.29) is 10.6 Å². The van der Waals surface area contributed by atoms with Gasteiger partial charge in [-0.15, -0.1) is 0 Å². The summed E-state index contributed by atoms with van der Waals surface area (Å²) in [4.78, 5) is 12.9. The summed E-state index contributed by atoms with van der Waals surface area (Å²) in [5, 5.41) is 14.4. The third kappa shape index (κ3) is 4.01. The summed E-state index contributed by atoms with van der Waals surface area (Å²) in [5.74, 6) is 0.654. The maximum atomic E-state index is 11.0. The van der Waals surface area contributed by atoms with Gasteiger partial charge in [0.15, 0.2) is 0 Å². The van der Waals surface area contributed by atoms with E-state index in [0.29, 0.717) is 12.5 Å². The molecule has 1 heterocycles. The molecule has 0 amide bonds. The number of nitrogens with zero attached hydrogens (tertiary/aromatic N) is 2. The number of para-hydroxylation sites is 1. The van der Waals surface area contributed by atoms with Gasteiger partial charge in [0.05, 0.1) is 4.92 Å². The molecule has 1 aromatic carbocycles. The molecule has 0 radical (unpaired) electrons. The minimum atomic E-state index is -0.300. The molecule has 0 aliphatic carbocycles. The Balaban J connectivity index is 1.94. The third-order valence-electron chi connectivity index (χ3n) is 3.60. The van der Waals surface area contributed by atoms with E-state index in [1.54, 1.807) is 12.1 Å². The molecule has 1 saturated heterocycles. The van der Waals surface area contributed by atoms with Crippen LogP contribution in [0.1, 0.15) is 18.4 Å². The van der Waals surface area contributed by atoms with Gasteiger partial charge in [-0.2, -0.15) is 0 Å². The van der Waals surface area contributed by atoms with E-state index in [1.165, 1.54) is 12.8 Å². The van der Waals surface area contributed by atoms with Gasteiger partial charge >= 0.3 is 0 Å². The van der Waals surface area contributed by atoms with Gasteiger partial charge in [-0.3, -0.25) is 10.1 Å². The van der Waals surface area contributed by atoms with Gasteiger partial charge in [0.2, 0.25) is 0 Å². The average Bonchev–Trinajstić information content (AvgIpc) is 2.40. The molecule has 0 saturated carbocycles. The smallest absolute Gasteiger partial charge is 0.273 e. The molecule has 1 N–H and O–H groups in total. The summed E-state index contributed by atoms with van der Waals surface area (Å²) in [7, 11) is 2.03. The van der Waals surface area contributed by atoms with Crippen LogP contribution in [0.2, 0.25) is 0 Å². The largest absolute Gasteiger partial charge is 0.316 e. The molecule has 5 heteroatoms. The van der Waals surface area contributed by atoms with Crippen molar-refractivity contribution in [2.24, 2.45) is 5.92 Å². The molecular weight excluding hydrogens is 242 g/mol. The van der Waals surface area contributed by atoms with Crippen LogP contribution in [-0.4, -0.2) is 36.5 Å². The topological polar surface area (TPSA) is 58.4 Å². The molecular formula is C14H21N3O2. The first-order valence-corrected chi connectivity index (χ1v) is 6.78. The molecule has 5 nitrogen and oxygen atoms in total. The van der Waals surface area contributed by atoms with Gasteiger partial charge in [0, 0.05) is 24.7 Å². The second-order valence-corrected chi connectivity index (χ2v) is 5.29. The number of rotatable bonds is 5. The Kier molecular flexibility index (Phi) is 4.87. The van der Waals surface area contributed by atoms with Crippen molar-refractivity contribution in [1.29, 1.82) is 0 Å². The van der Waals surface area contributed by atoms with Crippen molar-refractivity contribution in [2.45, 2.75) is 19.4 Å². The minimum absolute atomic E-state index is 0.219. The van der Waals surface area contributed by atoms with Gasteiger partial charge in [-0.05, 0) is 38.9 Å². The van der Waals surface area contributed by atoms with E-state index in [0.717, 1.165) is 25.2 Å². The number of benzene rings is 1. The van der Waals surface area contributed by atoms with Crippen LogP contribution < -0.4 is 5.32 Å². The summed E-state index contributed by atoms with van der Waals surface area (Å²) in [5.41, 5.74) is 1.01. The van der Waals surface area contributed by atoms with Crippen molar-refractivity contribution in [2.75, 3.05) is 26.7 Å². The quantitative estimate of drug-likeness (QED) is 0.652. The highest BCUT2D eigenvalue weighted by atomic mass is 16.6. The molecule has 0 spiro atoms. The van der Waals surface area contributed by atoms with Crippen LogP contribution in [0.3, 0.4) is 0 Å². The number of hydrogen-bond acceptors (Lipinski definition) is 4. The molecule has 104 valence electrons. The Bertz CT molecular complexity index is 430. The zero-order chi connectivity index (χ0) is 13.7. The van der Waals surface area contributed by atoms with Gasteiger partial charge in [-0.25, -0.2) is 0 Å². The average molecular weight is 263 g/mol. The molecule has 0 aromatic heterocycles. The van der Waals surface area contributed by atoms with E-state index in [2.05, 4.69) is 10.2 Å². The number of hydrogen-bond donors (Lipinski definition) is 1. The fraction of sp³-hybridized carbons (Fsp3) is 0.571. The second kappa shape index (κ2) is 6.63. The van der Waals surface area contributed by atoms with Crippen LogP contribution in [0.4, 0.5) is 5.69 Å². The van der Waals surface area contributed by atoms with E-state index in [4.69, 9.17) is 0 Å². The predicted octanol–water partition coefficient (Wildman–Crippen LogP) is 2.03. The van der Waals surface area contributed by atoms with Crippen molar-refractivity contribution >= 4 is 5.69 Å². The Morgan fingerprint density at radius 3 is 2.95 bits per heavy atom. The van der Waals surface area contributed by atoms with Gasteiger partial charge in [0.25, 0.3) is 5.69 Å². The van der Waals surface area contributed by atoms with E-state index < -0.39 is 0 Å². The van der Waals surface area contributed by atoms with Crippen LogP contribution in [0, 0.1) is 16.0 Å². The SMILES string of the molecule is CN(Cc1ccccc1[N+](=O)[O-])CC1CCCNC1. The Morgan fingerprint density at radius 2 is 2.26 bits per heavy atom. The molecule has 1 atom stereocenters. The predicted molar refractivity (Wildman–Crippen MR) is 75.0 cm³/mol. The second-order valence-electron chi connectivity index (χ2n) is 5.29. The van der Waals surface area contributed by atoms with Crippen LogP contribution >= 0.6 is 0 Å². The molecule has 19 heavy (non-hydrogen) atoms. The maximum absolute atomic E-state index is 11.0. The van der Waals surface area contributed by atoms with Crippen molar-refractivity contribution in [1.82, 2.24) is 10.2 Å². The monoisotopic (exact) mass is 263 g/mol. The number of piperidine rings is 1. The number of nitro benzene ring substituents is 1. The highest BCUT2D eigenvalue weighted by Crippen LogP contribution is 2.20. The lowest BCUT2D eigenvalue weighted by Crippen LogP contribution is -2.36. The van der Waals surface area contributed by atoms with Crippen molar-refractivity contribution in [3.8, 4) is 0 Å². The van der Waals surface area contributed by atoms with Crippen LogP contribution in [0.25, 0.3) is 0 Å². The number of nitro groups is 1. The highest BCUT2D eigenvalue weighted by molar-refractivity contribution is 5.39. The normalized spacial score (nSPS) is 19.6. The standard InChI is InChI=1S/C14H21N3O2/c1-16(10-12-5-4-8-15-9-12)11-13-6-2-3-7-14(13)17(18)19/h2-3,6-7,12,15H,4-5,8-11H2,1H3. The van der Waals surface area contributed by atoms with Gasteiger partial charge in [-0.1, -0.05) is 18.2 Å². The molecule has 1 aliphatic heterocycles. The minimum Gasteiger partial charge on any atom is -0.316 e. The molecule has 1 unspecified atom stereocenters. The Hall–Kier alpha value is -1.46. The van der Waals surface area contributed by atoms with Crippen molar-refractivity contribution in [3.63, 3.8) is 0 Å². The van der Waals surface area contributed by atoms with E-state index in [9.17, 15) is 10.1 Å². The first-order chi connectivity index (χ1) is 9.16. The third-order valence-corrected chi connectivity index (χ3v) is 3.60. The summed E-state index contributed by atoms with van der Waals surface area (Å²) >= 11 is 0. The van der Waals surface area contributed by atoms with E-state index in [1.807, 2.05) is 19.2 Å². The zero-order valence-corrected chi connectivity index (χ0v) is 11.3. The van der Waals surface area contributed by atoms with E-state index >= 15 is 0 Å². The fourth-order valence-corrected chi connectivity index (χ4v) is 2.70. The summed E-state index contributed by atoms with van der Waals surface area (Å²) < 4.78 is 0. The van der Waals surface area contributed by atoms with Crippen molar-refractivity contribution in [3.05, 3.63) is 39.9 Å². The first kappa shape index (κ1) is 14.0. The Morgan fingerprint density at radius 1 is 1.47 bits per heavy atom. The lowest BCUT2D eigenvalue weighted by atomic mass is 9.99. The van der Waals surface area contributed by atoms with Gasteiger partial charge in [0.1, 0.15) is 0 Å². The van der Waals surface area contributed by atoms with Gasteiger partial charge < -0.3 is 10.2 Å². The van der Waals surface area contributed by atoms with Crippen LogP contribution in [0.5, 0.6) is 0 Å². The Labute approximate surface area is 113 Å². The summed E-state index contributed by atoms with van der Waals surface area (Å²) in [6.07, 6.45) is 2.47. The first-order valence-electron chi connectivity index (χ1n) is 6.78. The zero-order valence-electron chi connectivity index (χ0n) is 11.3. The van der Waals surface area contributed by atoms with Crippen LogP contribution in [-0.2, 0) is 6.54 Å². The molecule has 0 bridgehead atoms. The molecule has 1 fully saturated rings. The summed E-state index contributed by atoms with van der Waals surface area (Å²) in [6, 6.07) is 6.99. The highest BCUT2D eigenvalue weighted by Gasteiger charge is 2.18. The maximum Gasteiger partial charge on any atom is 0.273 e. The fourth-order valence-electron chi connectivity index (χ4n) is 2.70.